The molecular weight excluding hydrogens is 136 g/mol. The number of hydrogen-bond acceptors (Lipinski definition) is 1. The van der Waals surface area contributed by atoms with Crippen LogP contribution in [0.1, 0.15) is 38.5 Å². The lowest BCUT2D eigenvalue weighted by Crippen LogP contribution is -2.10. The third-order valence-corrected chi connectivity index (χ3v) is 2.43. The van der Waals surface area contributed by atoms with E-state index in [0.29, 0.717) is 6.42 Å². The van der Waals surface area contributed by atoms with Gasteiger partial charge >= 0.3 is 0 Å². The van der Waals surface area contributed by atoms with Crippen molar-refractivity contribution in [2.24, 2.45) is 5.92 Å². The van der Waals surface area contributed by atoms with E-state index in [0.717, 1.165) is 12.3 Å². The maximum atomic E-state index is 9.37. The molecule has 1 fully saturated rings. The van der Waals surface area contributed by atoms with E-state index in [-0.39, 0.29) is 6.10 Å². The molecule has 0 aromatic carbocycles. The lowest BCUT2D eigenvalue weighted by Gasteiger charge is -2.12. The average Bonchev–Trinajstić information content (AvgIpc) is 2.40. The first kappa shape index (κ1) is 8.62. The van der Waals surface area contributed by atoms with Gasteiger partial charge in [-0.05, 0) is 12.3 Å². The van der Waals surface area contributed by atoms with Gasteiger partial charge in [0.1, 0.15) is 0 Å². The summed E-state index contributed by atoms with van der Waals surface area (Å²) in [7, 11) is 0. The zero-order valence-corrected chi connectivity index (χ0v) is 6.92. The largest absolute Gasteiger partial charge is 0.392 e. The summed E-state index contributed by atoms with van der Waals surface area (Å²) in [6.07, 6.45) is 11.6. The minimum atomic E-state index is -0.247. The molecule has 0 amide bonds. The predicted octanol–water partition coefficient (Wildman–Crippen LogP) is 1.95. The van der Waals surface area contributed by atoms with E-state index >= 15 is 0 Å². The fraction of sp³-hybridized carbons (Fsp3) is 0.800. The van der Waals surface area contributed by atoms with E-state index in [1.54, 1.807) is 0 Å². The smallest absolute Gasteiger partial charge is 0.0651 e. The van der Waals surface area contributed by atoms with Crippen LogP contribution in [0.2, 0.25) is 0 Å². The van der Waals surface area contributed by atoms with Crippen molar-refractivity contribution in [2.45, 2.75) is 44.6 Å². The van der Waals surface area contributed by atoms with Gasteiger partial charge in [0, 0.05) is 6.42 Å². The Labute approximate surface area is 68.8 Å². The van der Waals surface area contributed by atoms with Crippen LogP contribution in [0, 0.1) is 18.3 Å². The van der Waals surface area contributed by atoms with E-state index in [9.17, 15) is 5.11 Å². The number of hydrogen-bond donors (Lipinski definition) is 1. The van der Waals surface area contributed by atoms with Crippen molar-refractivity contribution >= 4 is 0 Å². The molecule has 1 saturated carbocycles. The molecular formula is C10H16O. The SMILES string of the molecule is C#CCC(O)CC1CCCC1. The van der Waals surface area contributed by atoms with E-state index < -0.39 is 0 Å². The molecule has 1 aliphatic carbocycles. The topological polar surface area (TPSA) is 20.2 Å². The third kappa shape index (κ3) is 2.95. The molecule has 62 valence electrons. The summed E-state index contributed by atoms with van der Waals surface area (Å²) < 4.78 is 0. The average molecular weight is 152 g/mol. The Kier molecular flexibility index (Phi) is 3.45. The minimum Gasteiger partial charge on any atom is -0.392 e. The van der Waals surface area contributed by atoms with Crippen molar-refractivity contribution in [3.05, 3.63) is 0 Å². The summed E-state index contributed by atoms with van der Waals surface area (Å²) in [6, 6.07) is 0. The summed E-state index contributed by atoms with van der Waals surface area (Å²) in [5.74, 6) is 3.24. The van der Waals surface area contributed by atoms with Crippen LogP contribution >= 0.6 is 0 Å². The first-order chi connectivity index (χ1) is 5.33. The van der Waals surface area contributed by atoms with Gasteiger partial charge in [0.25, 0.3) is 0 Å². The fourth-order valence-electron chi connectivity index (χ4n) is 1.85. The molecule has 11 heavy (non-hydrogen) atoms. The molecule has 0 heterocycles. The summed E-state index contributed by atoms with van der Waals surface area (Å²) >= 11 is 0. The van der Waals surface area contributed by atoms with Gasteiger partial charge in [-0.15, -0.1) is 12.3 Å². The van der Waals surface area contributed by atoms with Gasteiger partial charge in [-0.25, -0.2) is 0 Å². The zero-order chi connectivity index (χ0) is 8.10. The van der Waals surface area contributed by atoms with E-state index in [4.69, 9.17) is 6.42 Å². The van der Waals surface area contributed by atoms with Crippen LogP contribution in [0.4, 0.5) is 0 Å². The van der Waals surface area contributed by atoms with Gasteiger partial charge < -0.3 is 5.11 Å². The van der Waals surface area contributed by atoms with Crippen LogP contribution < -0.4 is 0 Å². The van der Waals surface area contributed by atoms with Crippen LogP contribution in [-0.4, -0.2) is 11.2 Å². The summed E-state index contributed by atoms with van der Waals surface area (Å²) in [5.41, 5.74) is 0. The van der Waals surface area contributed by atoms with E-state index in [1.165, 1.54) is 25.7 Å². The Balaban J connectivity index is 2.14. The van der Waals surface area contributed by atoms with E-state index in [2.05, 4.69) is 5.92 Å². The highest BCUT2D eigenvalue weighted by atomic mass is 16.3. The quantitative estimate of drug-likeness (QED) is 0.613. The first-order valence-corrected chi connectivity index (χ1v) is 4.44. The highest BCUT2D eigenvalue weighted by Gasteiger charge is 2.17. The second-order valence-corrected chi connectivity index (χ2v) is 3.45. The maximum Gasteiger partial charge on any atom is 0.0651 e. The predicted molar refractivity (Wildman–Crippen MR) is 46.0 cm³/mol. The number of rotatable bonds is 3. The van der Waals surface area contributed by atoms with Gasteiger partial charge in [-0.2, -0.15) is 0 Å². The van der Waals surface area contributed by atoms with Crippen molar-refractivity contribution in [1.29, 1.82) is 0 Å². The molecule has 0 bridgehead atoms. The van der Waals surface area contributed by atoms with Gasteiger partial charge in [-0.1, -0.05) is 25.7 Å². The third-order valence-electron chi connectivity index (χ3n) is 2.43. The molecule has 0 spiro atoms. The Morgan fingerprint density at radius 3 is 2.64 bits per heavy atom. The van der Waals surface area contributed by atoms with Crippen LogP contribution in [0.5, 0.6) is 0 Å². The van der Waals surface area contributed by atoms with Crippen molar-refractivity contribution in [1.82, 2.24) is 0 Å². The standard InChI is InChI=1S/C10H16O/c1-2-5-10(11)8-9-6-3-4-7-9/h1,9-11H,3-8H2. The van der Waals surface area contributed by atoms with E-state index in [1.807, 2.05) is 0 Å². The number of terminal acetylenes is 1. The Morgan fingerprint density at radius 1 is 1.45 bits per heavy atom. The molecule has 1 heteroatoms. The van der Waals surface area contributed by atoms with Crippen molar-refractivity contribution in [2.75, 3.05) is 0 Å². The van der Waals surface area contributed by atoms with Crippen LogP contribution in [0.3, 0.4) is 0 Å². The zero-order valence-electron chi connectivity index (χ0n) is 6.92. The molecule has 0 saturated heterocycles. The van der Waals surface area contributed by atoms with Crippen molar-refractivity contribution < 1.29 is 5.11 Å². The maximum absolute atomic E-state index is 9.37. The van der Waals surface area contributed by atoms with Gasteiger partial charge in [0.05, 0.1) is 6.10 Å². The molecule has 1 atom stereocenters. The molecule has 1 nitrogen and oxygen atoms in total. The lowest BCUT2D eigenvalue weighted by atomic mass is 9.99. The second kappa shape index (κ2) is 4.41. The second-order valence-electron chi connectivity index (χ2n) is 3.45. The molecule has 1 rings (SSSR count). The van der Waals surface area contributed by atoms with Crippen LogP contribution in [-0.2, 0) is 0 Å². The Morgan fingerprint density at radius 2 is 2.09 bits per heavy atom. The first-order valence-electron chi connectivity index (χ1n) is 4.44. The van der Waals surface area contributed by atoms with Crippen molar-refractivity contribution in [3.63, 3.8) is 0 Å². The molecule has 1 aliphatic rings. The molecule has 0 radical (unpaired) electrons. The van der Waals surface area contributed by atoms with Gasteiger partial charge in [-0.3, -0.25) is 0 Å². The van der Waals surface area contributed by atoms with Crippen molar-refractivity contribution in [3.8, 4) is 12.3 Å². The highest BCUT2D eigenvalue weighted by Crippen LogP contribution is 2.28. The molecule has 1 N–H and O–H groups in total. The Bertz CT molecular complexity index is 139. The number of aliphatic hydroxyl groups is 1. The van der Waals surface area contributed by atoms with Crippen LogP contribution in [0.15, 0.2) is 0 Å². The highest BCUT2D eigenvalue weighted by molar-refractivity contribution is 4.87. The molecule has 1 unspecified atom stereocenters. The fourth-order valence-corrected chi connectivity index (χ4v) is 1.85. The summed E-state index contributed by atoms with van der Waals surface area (Å²) in [5, 5.41) is 9.37. The molecule has 0 aromatic heterocycles. The minimum absolute atomic E-state index is 0.247. The summed E-state index contributed by atoms with van der Waals surface area (Å²) in [4.78, 5) is 0. The number of aliphatic hydroxyl groups excluding tert-OH is 1. The molecule has 0 aliphatic heterocycles. The Hall–Kier alpha value is -0.480. The normalized spacial score (nSPS) is 21.5. The van der Waals surface area contributed by atoms with Gasteiger partial charge in [0.2, 0.25) is 0 Å². The monoisotopic (exact) mass is 152 g/mol. The van der Waals surface area contributed by atoms with Gasteiger partial charge in [0.15, 0.2) is 0 Å². The molecule has 0 aromatic rings. The lowest BCUT2D eigenvalue weighted by molar-refractivity contribution is 0.148. The summed E-state index contributed by atoms with van der Waals surface area (Å²) in [6.45, 7) is 0. The van der Waals surface area contributed by atoms with Crippen LogP contribution in [0.25, 0.3) is 0 Å².